The van der Waals surface area contributed by atoms with Crippen LogP contribution in [-0.2, 0) is 4.74 Å². The number of ether oxygens (including phenoxy) is 1. The van der Waals surface area contributed by atoms with Crippen molar-refractivity contribution in [3.05, 3.63) is 0 Å². The molecule has 0 heterocycles. The Balaban J connectivity index is 3.34. The van der Waals surface area contributed by atoms with E-state index in [-0.39, 0.29) is 0 Å². The maximum absolute atomic E-state index is 5.02. The minimum atomic E-state index is 0.893. The average Bonchev–Trinajstić information content (AvgIpc) is 2.06. The van der Waals surface area contributed by atoms with Gasteiger partial charge in [-0.25, -0.2) is 0 Å². The van der Waals surface area contributed by atoms with Crippen molar-refractivity contribution < 1.29 is 4.74 Å². The van der Waals surface area contributed by atoms with Gasteiger partial charge in [0, 0.05) is 20.3 Å². The maximum atomic E-state index is 5.02. The van der Waals surface area contributed by atoms with Gasteiger partial charge in [0.2, 0.25) is 0 Å². The molecule has 0 rings (SSSR count). The van der Waals surface area contributed by atoms with Crippen molar-refractivity contribution in [2.75, 3.05) is 33.4 Å². The Kier molecular flexibility index (Phi) is 8.95. The molecular formula is C10H23NO. The smallest absolute Gasteiger partial charge is 0.0474 e. The van der Waals surface area contributed by atoms with Crippen molar-refractivity contribution in [3.63, 3.8) is 0 Å². The van der Waals surface area contributed by atoms with E-state index < -0.39 is 0 Å². The molecule has 0 aromatic carbocycles. The predicted molar refractivity (Wildman–Crippen MR) is 53.5 cm³/mol. The molecule has 0 fully saturated rings. The molecule has 0 aromatic heterocycles. The summed E-state index contributed by atoms with van der Waals surface area (Å²) in [5.74, 6) is 0. The van der Waals surface area contributed by atoms with Gasteiger partial charge in [-0.15, -0.1) is 0 Å². The first-order chi connectivity index (χ1) is 5.85. The highest BCUT2D eigenvalue weighted by Crippen LogP contribution is 1.95. The van der Waals surface area contributed by atoms with Gasteiger partial charge < -0.3 is 9.64 Å². The monoisotopic (exact) mass is 173 g/mol. The van der Waals surface area contributed by atoms with E-state index in [0.717, 1.165) is 13.0 Å². The van der Waals surface area contributed by atoms with E-state index in [1.165, 1.54) is 32.5 Å². The number of rotatable bonds is 8. The fourth-order valence-electron chi connectivity index (χ4n) is 1.40. The van der Waals surface area contributed by atoms with E-state index in [0.29, 0.717) is 0 Å². The standard InChI is InChI=1S/C10H23NO/c1-4-7-11(8-5-2)9-6-10-12-3/h4-10H2,1-3H3. The topological polar surface area (TPSA) is 12.5 Å². The molecule has 2 heteroatoms. The summed E-state index contributed by atoms with van der Waals surface area (Å²) in [5.41, 5.74) is 0. The summed E-state index contributed by atoms with van der Waals surface area (Å²) in [7, 11) is 1.77. The highest BCUT2D eigenvalue weighted by Gasteiger charge is 2.00. The number of methoxy groups -OCH3 is 1. The third kappa shape index (κ3) is 6.62. The second kappa shape index (κ2) is 9.01. The van der Waals surface area contributed by atoms with Gasteiger partial charge in [0.05, 0.1) is 0 Å². The Morgan fingerprint density at radius 1 is 1.00 bits per heavy atom. The van der Waals surface area contributed by atoms with E-state index in [1.807, 2.05) is 0 Å². The van der Waals surface area contributed by atoms with Gasteiger partial charge in [0.1, 0.15) is 0 Å². The second-order valence-electron chi connectivity index (χ2n) is 3.19. The lowest BCUT2D eigenvalue weighted by Gasteiger charge is -2.20. The predicted octanol–water partition coefficient (Wildman–Crippen LogP) is 2.14. The fraction of sp³-hybridized carbons (Fsp3) is 1.00. The van der Waals surface area contributed by atoms with Gasteiger partial charge in [-0.05, 0) is 32.4 Å². The molecule has 0 aromatic rings. The Hall–Kier alpha value is -0.0800. The molecule has 74 valence electrons. The second-order valence-corrected chi connectivity index (χ2v) is 3.19. The van der Waals surface area contributed by atoms with Crippen LogP contribution in [0.25, 0.3) is 0 Å². The Labute approximate surface area is 76.9 Å². The molecule has 0 aliphatic carbocycles. The molecule has 0 spiro atoms. The molecular weight excluding hydrogens is 150 g/mol. The molecule has 0 bridgehead atoms. The lowest BCUT2D eigenvalue weighted by Crippen LogP contribution is -2.27. The SMILES string of the molecule is CCCN(CCC)CCCOC. The molecule has 0 atom stereocenters. The van der Waals surface area contributed by atoms with Gasteiger partial charge in [0.25, 0.3) is 0 Å². The van der Waals surface area contributed by atoms with Crippen LogP contribution in [0.2, 0.25) is 0 Å². The van der Waals surface area contributed by atoms with Gasteiger partial charge >= 0.3 is 0 Å². The number of hydrogen-bond acceptors (Lipinski definition) is 2. The van der Waals surface area contributed by atoms with Crippen LogP contribution in [0.15, 0.2) is 0 Å². The van der Waals surface area contributed by atoms with Gasteiger partial charge in [-0.1, -0.05) is 13.8 Å². The lowest BCUT2D eigenvalue weighted by atomic mass is 10.3. The van der Waals surface area contributed by atoms with Crippen LogP contribution in [0.3, 0.4) is 0 Å². The summed E-state index contributed by atoms with van der Waals surface area (Å²) >= 11 is 0. The van der Waals surface area contributed by atoms with Crippen LogP contribution in [0, 0.1) is 0 Å². The number of nitrogens with zero attached hydrogens (tertiary/aromatic N) is 1. The lowest BCUT2D eigenvalue weighted by molar-refractivity contribution is 0.171. The molecule has 0 unspecified atom stereocenters. The number of hydrogen-bond donors (Lipinski definition) is 0. The van der Waals surface area contributed by atoms with Crippen LogP contribution in [0.5, 0.6) is 0 Å². The summed E-state index contributed by atoms with van der Waals surface area (Å²) in [6.07, 6.45) is 3.68. The van der Waals surface area contributed by atoms with Crippen LogP contribution in [0.1, 0.15) is 33.1 Å². The van der Waals surface area contributed by atoms with Crippen molar-refractivity contribution in [2.24, 2.45) is 0 Å². The van der Waals surface area contributed by atoms with E-state index in [2.05, 4.69) is 18.7 Å². The normalized spacial score (nSPS) is 11.0. The zero-order valence-corrected chi connectivity index (χ0v) is 8.81. The van der Waals surface area contributed by atoms with Crippen LogP contribution in [-0.4, -0.2) is 38.3 Å². The molecule has 0 saturated carbocycles. The summed E-state index contributed by atoms with van der Waals surface area (Å²) in [5, 5.41) is 0. The highest BCUT2D eigenvalue weighted by atomic mass is 16.5. The first-order valence-corrected chi connectivity index (χ1v) is 5.06. The molecule has 12 heavy (non-hydrogen) atoms. The maximum Gasteiger partial charge on any atom is 0.0474 e. The minimum absolute atomic E-state index is 0.893. The van der Waals surface area contributed by atoms with Gasteiger partial charge in [0.15, 0.2) is 0 Å². The quantitative estimate of drug-likeness (QED) is 0.521. The van der Waals surface area contributed by atoms with Gasteiger partial charge in [-0.2, -0.15) is 0 Å². The zero-order valence-electron chi connectivity index (χ0n) is 8.81. The Bertz CT molecular complexity index is 79.9. The first kappa shape index (κ1) is 11.9. The molecule has 0 saturated heterocycles. The van der Waals surface area contributed by atoms with Crippen molar-refractivity contribution in [1.82, 2.24) is 4.90 Å². The van der Waals surface area contributed by atoms with E-state index >= 15 is 0 Å². The molecule has 0 amide bonds. The molecule has 2 nitrogen and oxygen atoms in total. The van der Waals surface area contributed by atoms with E-state index in [1.54, 1.807) is 7.11 Å². The summed E-state index contributed by atoms with van der Waals surface area (Å²) in [6, 6.07) is 0. The van der Waals surface area contributed by atoms with Crippen molar-refractivity contribution in [2.45, 2.75) is 33.1 Å². The molecule has 0 radical (unpaired) electrons. The zero-order chi connectivity index (χ0) is 9.23. The third-order valence-electron chi connectivity index (χ3n) is 1.90. The average molecular weight is 173 g/mol. The highest BCUT2D eigenvalue weighted by molar-refractivity contribution is 4.55. The molecule has 0 N–H and O–H groups in total. The fourth-order valence-corrected chi connectivity index (χ4v) is 1.40. The van der Waals surface area contributed by atoms with Gasteiger partial charge in [-0.3, -0.25) is 0 Å². The Morgan fingerprint density at radius 3 is 2.00 bits per heavy atom. The third-order valence-corrected chi connectivity index (χ3v) is 1.90. The van der Waals surface area contributed by atoms with Crippen molar-refractivity contribution >= 4 is 0 Å². The van der Waals surface area contributed by atoms with Crippen LogP contribution in [0.4, 0.5) is 0 Å². The first-order valence-electron chi connectivity index (χ1n) is 5.06. The van der Waals surface area contributed by atoms with Crippen molar-refractivity contribution in [3.8, 4) is 0 Å². The summed E-state index contributed by atoms with van der Waals surface area (Å²) in [4.78, 5) is 2.51. The van der Waals surface area contributed by atoms with E-state index in [4.69, 9.17) is 4.74 Å². The van der Waals surface area contributed by atoms with Crippen LogP contribution >= 0.6 is 0 Å². The Morgan fingerprint density at radius 2 is 1.58 bits per heavy atom. The minimum Gasteiger partial charge on any atom is -0.385 e. The van der Waals surface area contributed by atoms with Crippen LogP contribution < -0.4 is 0 Å². The van der Waals surface area contributed by atoms with E-state index in [9.17, 15) is 0 Å². The largest absolute Gasteiger partial charge is 0.385 e. The molecule has 0 aliphatic rings. The van der Waals surface area contributed by atoms with Crippen molar-refractivity contribution in [1.29, 1.82) is 0 Å². The summed E-state index contributed by atoms with van der Waals surface area (Å²) < 4.78 is 5.02. The summed E-state index contributed by atoms with van der Waals surface area (Å²) in [6.45, 7) is 9.02. The molecule has 0 aliphatic heterocycles.